The van der Waals surface area contributed by atoms with Gasteiger partial charge in [0, 0.05) is 12.8 Å². The Bertz CT molecular complexity index is 594. The minimum absolute atomic E-state index is 0.0355. The number of benzene rings is 1. The summed E-state index contributed by atoms with van der Waals surface area (Å²) in [6.45, 7) is 1.51. The van der Waals surface area contributed by atoms with Crippen molar-refractivity contribution in [3.63, 3.8) is 0 Å². The van der Waals surface area contributed by atoms with Gasteiger partial charge in [0.05, 0.1) is 31.6 Å². The third kappa shape index (κ3) is 2.16. The molecular formula is C17H19NO4. The number of carbonyl (C=O) groups excluding carboxylic acids is 2. The van der Waals surface area contributed by atoms with Crippen molar-refractivity contribution in [2.24, 2.45) is 11.8 Å². The van der Waals surface area contributed by atoms with Crippen LogP contribution in [0.2, 0.25) is 0 Å². The van der Waals surface area contributed by atoms with E-state index in [1.165, 1.54) is 4.90 Å². The maximum atomic E-state index is 12.7. The molecule has 1 spiro atoms. The number of hydrogen-bond donors (Lipinski definition) is 0. The van der Waals surface area contributed by atoms with Crippen LogP contribution in [0.3, 0.4) is 0 Å². The highest BCUT2D eigenvalue weighted by molar-refractivity contribution is 6.05. The van der Waals surface area contributed by atoms with E-state index in [4.69, 9.17) is 9.47 Å². The summed E-state index contributed by atoms with van der Waals surface area (Å²) in [4.78, 5) is 26.7. The second-order valence-electron chi connectivity index (χ2n) is 6.31. The Morgan fingerprint density at radius 3 is 2.45 bits per heavy atom. The van der Waals surface area contributed by atoms with Crippen LogP contribution in [0.4, 0.5) is 0 Å². The molecule has 0 aromatic heterocycles. The van der Waals surface area contributed by atoms with Crippen LogP contribution in [0.5, 0.6) is 0 Å². The van der Waals surface area contributed by atoms with Gasteiger partial charge in [0.1, 0.15) is 0 Å². The summed E-state index contributed by atoms with van der Waals surface area (Å²) in [5.41, 5.74) is 0.978. The predicted molar refractivity (Wildman–Crippen MR) is 77.5 cm³/mol. The third-order valence-corrected chi connectivity index (χ3v) is 5.02. The van der Waals surface area contributed by atoms with Gasteiger partial charge in [-0.1, -0.05) is 30.3 Å². The number of amides is 2. The lowest BCUT2D eigenvalue weighted by Crippen LogP contribution is -2.41. The van der Waals surface area contributed by atoms with E-state index >= 15 is 0 Å². The number of fused-ring (bicyclic) bond motifs is 1. The highest BCUT2D eigenvalue weighted by Gasteiger charge is 2.55. The van der Waals surface area contributed by atoms with Crippen LogP contribution in [0, 0.1) is 11.8 Å². The molecular weight excluding hydrogens is 282 g/mol. The molecule has 0 N–H and O–H groups in total. The van der Waals surface area contributed by atoms with E-state index in [2.05, 4.69) is 0 Å². The van der Waals surface area contributed by atoms with E-state index in [1.807, 2.05) is 30.3 Å². The molecule has 116 valence electrons. The van der Waals surface area contributed by atoms with Crippen LogP contribution in [0.25, 0.3) is 0 Å². The Labute approximate surface area is 129 Å². The maximum absolute atomic E-state index is 12.7. The molecule has 2 amide bonds. The van der Waals surface area contributed by atoms with Crippen molar-refractivity contribution in [1.29, 1.82) is 0 Å². The SMILES string of the molecule is O=C1[C@H]2CCC3(C[C@H]2C(=O)N1Cc1ccccc1)OCCO3. The fourth-order valence-corrected chi connectivity index (χ4v) is 3.90. The van der Waals surface area contributed by atoms with Gasteiger partial charge >= 0.3 is 0 Å². The second-order valence-corrected chi connectivity index (χ2v) is 6.31. The van der Waals surface area contributed by atoms with Gasteiger partial charge in [-0.05, 0) is 12.0 Å². The first-order chi connectivity index (χ1) is 10.7. The van der Waals surface area contributed by atoms with Gasteiger partial charge in [0.15, 0.2) is 5.79 Å². The van der Waals surface area contributed by atoms with Gasteiger partial charge in [-0.2, -0.15) is 0 Å². The summed E-state index contributed by atoms with van der Waals surface area (Å²) >= 11 is 0. The zero-order valence-corrected chi connectivity index (χ0v) is 12.4. The van der Waals surface area contributed by atoms with Crippen LogP contribution >= 0.6 is 0 Å². The molecule has 3 aliphatic rings. The smallest absolute Gasteiger partial charge is 0.233 e. The topological polar surface area (TPSA) is 55.8 Å². The van der Waals surface area contributed by atoms with Crippen LogP contribution < -0.4 is 0 Å². The molecule has 0 bridgehead atoms. The first kappa shape index (κ1) is 13.9. The zero-order valence-electron chi connectivity index (χ0n) is 12.4. The van der Waals surface area contributed by atoms with Gasteiger partial charge < -0.3 is 9.47 Å². The molecule has 1 aliphatic carbocycles. The average molecular weight is 301 g/mol. The number of rotatable bonds is 2. The van der Waals surface area contributed by atoms with E-state index in [9.17, 15) is 9.59 Å². The summed E-state index contributed by atoms with van der Waals surface area (Å²) in [6, 6.07) is 9.64. The number of carbonyl (C=O) groups is 2. The number of nitrogens with zero attached hydrogens (tertiary/aromatic N) is 1. The standard InChI is InChI=1S/C17H19NO4/c19-15-13-6-7-17(21-8-9-22-17)10-14(13)16(20)18(15)11-12-4-2-1-3-5-12/h1-5,13-14H,6-11H2/t13-,14+/m0/s1. The van der Waals surface area contributed by atoms with E-state index in [0.29, 0.717) is 39.0 Å². The van der Waals surface area contributed by atoms with Crippen molar-refractivity contribution in [1.82, 2.24) is 4.90 Å². The van der Waals surface area contributed by atoms with Gasteiger partial charge in [0.2, 0.25) is 11.8 Å². The molecule has 5 heteroatoms. The van der Waals surface area contributed by atoms with Gasteiger partial charge in [-0.3, -0.25) is 14.5 Å². The molecule has 1 saturated carbocycles. The lowest BCUT2D eigenvalue weighted by molar-refractivity contribution is -0.193. The van der Waals surface area contributed by atoms with Crippen molar-refractivity contribution in [2.75, 3.05) is 13.2 Å². The lowest BCUT2D eigenvalue weighted by Gasteiger charge is -2.35. The van der Waals surface area contributed by atoms with Crippen LogP contribution in [0.1, 0.15) is 24.8 Å². The fraction of sp³-hybridized carbons (Fsp3) is 0.529. The Hall–Kier alpha value is -1.72. The van der Waals surface area contributed by atoms with E-state index in [1.54, 1.807) is 0 Å². The van der Waals surface area contributed by atoms with E-state index in [0.717, 1.165) is 5.56 Å². The molecule has 2 heterocycles. The molecule has 0 unspecified atom stereocenters. The molecule has 1 aromatic carbocycles. The summed E-state index contributed by atoms with van der Waals surface area (Å²) < 4.78 is 11.4. The average Bonchev–Trinajstić information content (AvgIpc) is 3.08. The maximum Gasteiger partial charge on any atom is 0.233 e. The first-order valence-corrected chi connectivity index (χ1v) is 7.86. The van der Waals surface area contributed by atoms with Crippen molar-refractivity contribution < 1.29 is 19.1 Å². The van der Waals surface area contributed by atoms with Crippen molar-refractivity contribution in [2.45, 2.75) is 31.6 Å². The molecule has 0 radical (unpaired) electrons. The van der Waals surface area contributed by atoms with Crippen molar-refractivity contribution in [3.05, 3.63) is 35.9 Å². The molecule has 4 rings (SSSR count). The fourth-order valence-electron chi connectivity index (χ4n) is 3.90. The number of imide groups is 1. The highest BCUT2D eigenvalue weighted by Crippen LogP contribution is 2.46. The molecule has 2 atom stereocenters. The van der Waals surface area contributed by atoms with E-state index in [-0.39, 0.29) is 23.7 Å². The quantitative estimate of drug-likeness (QED) is 0.780. The highest BCUT2D eigenvalue weighted by atomic mass is 16.7. The Morgan fingerprint density at radius 2 is 1.73 bits per heavy atom. The third-order valence-electron chi connectivity index (χ3n) is 5.02. The van der Waals surface area contributed by atoms with Crippen molar-refractivity contribution in [3.8, 4) is 0 Å². The summed E-state index contributed by atoms with van der Waals surface area (Å²) in [6.07, 6.45) is 1.88. The van der Waals surface area contributed by atoms with Crippen LogP contribution in [0.15, 0.2) is 30.3 Å². The summed E-state index contributed by atoms with van der Waals surface area (Å²) in [5.74, 6) is -1.22. The molecule has 1 aromatic rings. The molecule has 2 saturated heterocycles. The Balaban J connectivity index is 1.54. The van der Waals surface area contributed by atoms with Crippen LogP contribution in [-0.2, 0) is 25.6 Å². The molecule has 5 nitrogen and oxygen atoms in total. The molecule has 3 fully saturated rings. The zero-order chi connectivity index (χ0) is 15.2. The van der Waals surface area contributed by atoms with Gasteiger partial charge in [-0.25, -0.2) is 0 Å². The van der Waals surface area contributed by atoms with Gasteiger partial charge in [-0.15, -0.1) is 0 Å². The monoisotopic (exact) mass is 301 g/mol. The predicted octanol–water partition coefficient (Wildman–Crippen LogP) is 1.71. The number of hydrogen-bond acceptors (Lipinski definition) is 4. The van der Waals surface area contributed by atoms with Gasteiger partial charge in [0.25, 0.3) is 0 Å². The lowest BCUT2D eigenvalue weighted by atomic mass is 9.77. The normalized spacial score (nSPS) is 30.1. The van der Waals surface area contributed by atoms with Crippen molar-refractivity contribution >= 4 is 11.8 Å². The molecule has 2 aliphatic heterocycles. The van der Waals surface area contributed by atoms with E-state index < -0.39 is 5.79 Å². The minimum Gasteiger partial charge on any atom is -0.348 e. The Morgan fingerprint density at radius 1 is 1.05 bits per heavy atom. The largest absolute Gasteiger partial charge is 0.348 e. The minimum atomic E-state index is -0.625. The summed E-state index contributed by atoms with van der Waals surface area (Å²) in [5, 5.41) is 0. The first-order valence-electron chi connectivity index (χ1n) is 7.86. The second kappa shape index (κ2) is 5.18. The molecule has 22 heavy (non-hydrogen) atoms. The summed E-state index contributed by atoms with van der Waals surface area (Å²) in [7, 11) is 0. The number of likely N-dealkylation sites (tertiary alicyclic amines) is 1. The Kier molecular flexibility index (Phi) is 3.27. The number of ether oxygens (including phenoxy) is 2. The van der Waals surface area contributed by atoms with Crippen LogP contribution in [-0.4, -0.2) is 35.7 Å².